The van der Waals surface area contributed by atoms with Gasteiger partial charge < -0.3 is 4.42 Å². The van der Waals surface area contributed by atoms with Crippen molar-refractivity contribution in [1.82, 2.24) is 15.0 Å². The van der Waals surface area contributed by atoms with Gasteiger partial charge >= 0.3 is 0 Å². The van der Waals surface area contributed by atoms with Crippen molar-refractivity contribution in [2.24, 2.45) is 0 Å². The van der Waals surface area contributed by atoms with Gasteiger partial charge in [-0.05, 0) is 70.4 Å². The van der Waals surface area contributed by atoms with Gasteiger partial charge in [-0.2, -0.15) is 0 Å². The third-order valence-corrected chi connectivity index (χ3v) is 10.3. The first-order valence-electron chi connectivity index (χ1n) is 15.9. The summed E-state index contributed by atoms with van der Waals surface area (Å²) in [6, 6.07) is 52.8. The Morgan fingerprint density at radius 2 is 1.08 bits per heavy atom. The van der Waals surface area contributed by atoms with Gasteiger partial charge in [-0.3, -0.25) is 0 Å². The molecule has 10 aromatic rings. The molecule has 0 bridgehead atoms. The Morgan fingerprint density at radius 1 is 0.396 bits per heavy atom. The van der Waals surface area contributed by atoms with E-state index < -0.39 is 0 Å². The maximum Gasteiger partial charge on any atom is 0.164 e. The molecule has 0 fully saturated rings. The Morgan fingerprint density at radius 3 is 1.98 bits per heavy atom. The molecule has 5 heteroatoms. The Bertz CT molecular complexity index is 2850. The van der Waals surface area contributed by atoms with Crippen LogP contribution in [0.3, 0.4) is 0 Å². The number of aromatic nitrogens is 3. The smallest absolute Gasteiger partial charge is 0.164 e. The highest BCUT2D eigenvalue weighted by Gasteiger charge is 2.20. The minimum absolute atomic E-state index is 0.605. The van der Waals surface area contributed by atoms with Gasteiger partial charge in [-0.15, -0.1) is 11.3 Å². The fourth-order valence-electron chi connectivity index (χ4n) is 6.77. The number of furan rings is 1. The fraction of sp³-hybridized carbons (Fsp3) is 0. The second-order valence-corrected chi connectivity index (χ2v) is 13.1. The van der Waals surface area contributed by atoms with Crippen LogP contribution < -0.4 is 0 Å². The maximum absolute atomic E-state index is 6.50. The first-order valence-corrected chi connectivity index (χ1v) is 16.7. The minimum Gasteiger partial charge on any atom is -0.456 e. The monoisotopic (exact) mass is 631 g/mol. The van der Waals surface area contributed by atoms with E-state index in [-0.39, 0.29) is 0 Å². The lowest BCUT2D eigenvalue weighted by Gasteiger charge is -2.11. The predicted molar refractivity (Wildman–Crippen MR) is 199 cm³/mol. The molecule has 3 aromatic heterocycles. The van der Waals surface area contributed by atoms with E-state index in [9.17, 15) is 0 Å². The summed E-state index contributed by atoms with van der Waals surface area (Å²) in [6.45, 7) is 0. The van der Waals surface area contributed by atoms with E-state index in [0.717, 1.165) is 49.8 Å². The molecule has 0 spiro atoms. The number of nitrogens with zero attached hydrogens (tertiary/aromatic N) is 3. The van der Waals surface area contributed by atoms with Gasteiger partial charge in [0, 0.05) is 47.6 Å². The largest absolute Gasteiger partial charge is 0.456 e. The van der Waals surface area contributed by atoms with Crippen LogP contribution in [0.1, 0.15) is 0 Å². The van der Waals surface area contributed by atoms with Crippen molar-refractivity contribution < 1.29 is 4.42 Å². The first kappa shape index (κ1) is 27.0. The zero-order chi connectivity index (χ0) is 31.6. The summed E-state index contributed by atoms with van der Waals surface area (Å²) in [5.41, 5.74) is 6.56. The molecule has 0 saturated heterocycles. The van der Waals surface area contributed by atoms with Crippen molar-refractivity contribution in [2.75, 3.05) is 0 Å². The number of benzene rings is 7. The van der Waals surface area contributed by atoms with Crippen LogP contribution >= 0.6 is 11.3 Å². The molecule has 224 valence electrons. The van der Waals surface area contributed by atoms with Crippen LogP contribution in [-0.2, 0) is 0 Å². The molecule has 0 aliphatic heterocycles. The number of hydrogen-bond acceptors (Lipinski definition) is 5. The maximum atomic E-state index is 6.50. The highest BCUT2D eigenvalue weighted by atomic mass is 32.1. The van der Waals surface area contributed by atoms with E-state index in [0.29, 0.717) is 17.5 Å². The topological polar surface area (TPSA) is 51.8 Å². The zero-order valence-electron chi connectivity index (χ0n) is 25.6. The lowest BCUT2D eigenvalue weighted by atomic mass is 9.96. The van der Waals surface area contributed by atoms with Gasteiger partial charge in [-0.1, -0.05) is 103 Å². The Hall–Kier alpha value is -6.17. The molecule has 0 unspecified atom stereocenters. The lowest BCUT2D eigenvalue weighted by molar-refractivity contribution is 0.669. The third kappa shape index (κ3) is 4.40. The molecule has 10 rings (SSSR count). The summed E-state index contributed by atoms with van der Waals surface area (Å²) < 4.78 is 9.02. The first-order chi connectivity index (χ1) is 23.7. The molecule has 0 amide bonds. The van der Waals surface area contributed by atoms with Crippen molar-refractivity contribution in [2.45, 2.75) is 0 Å². The summed E-state index contributed by atoms with van der Waals surface area (Å²) in [6.07, 6.45) is 0. The number of rotatable bonds is 4. The van der Waals surface area contributed by atoms with Crippen molar-refractivity contribution in [3.8, 4) is 45.3 Å². The summed E-state index contributed by atoms with van der Waals surface area (Å²) in [5, 5.41) is 6.86. The van der Waals surface area contributed by atoms with Crippen LogP contribution in [-0.4, -0.2) is 15.0 Å². The standard InChI is InChI=1S/C43H25N3OS/c1-2-11-27(12-3-1)41-44-42(30-20-21-39-34(23-30)32-14-7-9-17-38(32)48-39)46-43(45-41)35-24-31(29-19-18-26-10-4-5-13-28(26)22-29)25-37-40(35)33-15-6-8-16-36(33)47-37/h1-25H. The van der Waals surface area contributed by atoms with Crippen LogP contribution in [0, 0.1) is 0 Å². The van der Waals surface area contributed by atoms with Crippen LogP contribution in [0.4, 0.5) is 0 Å². The molecule has 0 aliphatic carbocycles. The van der Waals surface area contributed by atoms with Crippen LogP contribution in [0.5, 0.6) is 0 Å². The highest BCUT2D eigenvalue weighted by molar-refractivity contribution is 7.25. The van der Waals surface area contributed by atoms with E-state index in [1.54, 1.807) is 11.3 Å². The molecular weight excluding hydrogens is 607 g/mol. The van der Waals surface area contributed by atoms with Crippen LogP contribution in [0.15, 0.2) is 156 Å². The number of fused-ring (bicyclic) bond motifs is 7. The molecule has 7 aromatic carbocycles. The van der Waals surface area contributed by atoms with Crippen molar-refractivity contribution in [3.05, 3.63) is 152 Å². The molecule has 0 N–H and O–H groups in total. The predicted octanol–water partition coefficient (Wildman–Crippen LogP) is 12.0. The average molecular weight is 632 g/mol. The quantitative estimate of drug-likeness (QED) is 0.194. The van der Waals surface area contributed by atoms with E-state index >= 15 is 0 Å². The van der Waals surface area contributed by atoms with E-state index in [1.165, 1.54) is 30.9 Å². The second kappa shape index (κ2) is 10.7. The summed E-state index contributed by atoms with van der Waals surface area (Å²) >= 11 is 1.81. The summed E-state index contributed by atoms with van der Waals surface area (Å²) in [7, 11) is 0. The summed E-state index contributed by atoms with van der Waals surface area (Å²) in [4.78, 5) is 15.5. The van der Waals surface area contributed by atoms with Gasteiger partial charge in [0.25, 0.3) is 0 Å². The third-order valence-electron chi connectivity index (χ3n) is 9.10. The van der Waals surface area contributed by atoms with Crippen LogP contribution in [0.2, 0.25) is 0 Å². The van der Waals surface area contributed by atoms with E-state index in [4.69, 9.17) is 19.4 Å². The van der Waals surface area contributed by atoms with Gasteiger partial charge in [0.05, 0.1) is 0 Å². The summed E-state index contributed by atoms with van der Waals surface area (Å²) in [5.74, 6) is 1.87. The van der Waals surface area contributed by atoms with Gasteiger partial charge in [0.15, 0.2) is 17.5 Å². The van der Waals surface area contributed by atoms with E-state index in [1.807, 2.05) is 48.5 Å². The number of hydrogen-bond donors (Lipinski definition) is 0. The Balaban J connectivity index is 1.25. The molecular formula is C43H25N3OS. The Labute approximate surface area is 279 Å². The molecule has 0 radical (unpaired) electrons. The van der Waals surface area contributed by atoms with Crippen molar-refractivity contribution in [1.29, 1.82) is 0 Å². The zero-order valence-corrected chi connectivity index (χ0v) is 26.4. The van der Waals surface area contributed by atoms with Crippen molar-refractivity contribution >= 4 is 64.2 Å². The van der Waals surface area contributed by atoms with E-state index in [2.05, 4.69) is 103 Å². The second-order valence-electron chi connectivity index (χ2n) is 12.0. The average Bonchev–Trinajstić information content (AvgIpc) is 3.72. The van der Waals surface area contributed by atoms with Gasteiger partial charge in [-0.25, -0.2) is 15.0 Å². The molecule has 0 saturated carbocycles. The minimum atomic E-state index is 0.605. The molecule has 0 atom stereocenters. The lowest BCUT2D eigenvalue weighted by Crippen LogP contribution is -2.00. The molecule has 4 nitrogen and oxygen atoms in total. The highest BCUT2D eigenvalue weighted by Crippen LogP contribution is 2.41. The van der Waals surface area contributed by atoms with Crippen molar-refractivity contribution in [3.63, 3.8) is 0 Å². The van der Waals surface area contributed by atoms with Gasteiger partial charge in [0.1, 0.15) is 11.2 Å². The Kier molecular flexibility index (Phi) is 6.01. The SMILES string of the molecule is c1ccc(-c2nc(-c3ccc4sc5ccccc5c4c3)nc(-c3cc(-c4ccc5ccccc5c4)cc4oc5ccccc5c34)n2)cc1. The normalized spacial score (nSPS) is 11.8. The molecule has 3 heterocycles. The number of thiophene rings is 1. The fourth-order valence-corrected chi connectivity index (χ4v) is 7.86. The van der Waals surface area contributed by atoms with Crippen LogP contribution in [0.25, 0.3) is 98.2 Å². The molecule has 48 heavy (non-hydrogen) atoms. The molecule has 0 aliphatic rings. The number of para-hydroxylation sites is 1. The van der Waals surface area contributed by atoms with Gasteiger partial charge in [0.2, 0.25) is 0 Å².